The molecule has 0 bridgehead atoms. The van der Waals surface area contributed by atoms with Crippen molar-refractivity contribution in [3.05, 3.63) is 90.0 Å². The fourth-order valence-electron chi connectivity index (χ4n) is 3.40. The molecule has 0 aromatic heterocycles. The van der Waals surface area contributed by atoms with E-state index in [0.29, 0.717) is 18.9 Å². The van der Waals surface area contributed by atoms with Gasteiger partial charge in [0.2, 0.25) is 15.9 Å². The third kappa shape index (κ3) is 6.59. The maximum absolute atomic E-state index is 13.5. The number of ether oxygens (including phenoxy) is 2. The van der Waals surface area contributed by atoms with Gasteiger partial charge in [-0.1, -0.05) is 42.5 Å². The zero-order chi connectivity index (χ0) is 24.6. The Morgan fingerprint density at radius 3 is 2.00 bits per heavy atom. The maximum Gasteiger partial charge on any atom is 0.243 e. The number of amides is 1. The number of benzene rings is 3. The first kappa shape index (κ1) is 25.3. The van der Waals surface area contributed by atoms with Crippen LogP contribution in [0.15, 0.2) is 83.8 Å². The number of nitrogens with zero attached hydrogens (tertiary/aromatic N) is 2. The van der Waals surface area contributed by atoms with Gasteiger partial charge in [-0.15, -0.1) is 0 Å². The molecule has 7 nitrogen and oxygen atoms in total. The van der Waals surface area contributed by atoms with Crippen molar-refractivity contribution in [2.24, 2.45) is 0 Å². The number of sulfonamides is 1. The van der Waals surface area contributed by atoms with Gasteiger partial charge >= 0.3 is 0 Å². The average molecular weight is 483 g/mol. The van der Waals surface area contributed by atoms with E-state index >= 15 is 0 Å². The molecule has 180 valence electrons. The second-order valence-corrected chi connectivity index (χ2v) is 9.70. The summed E-state index contributed by atoms with van der Waals surface area (Å²) in [6.07, 6.45) is 0. The van der Waals surface area contributed by atoms with Crippen molar-refractivity contribution in [1.29, 1.82) is 0 Å². The van der Waals surface area contributed by atoms with Crippen molar-refractivity contribution in [1.82, 2.24) is 9.21 Å². The molecular formula is C26H30N2O5S. The van der Waals surface area contributed by atoms with Crippen LogP contribution in [0.25, 0.3) is 0 Å². The van der Waals surface area contributed by atoms with Crippen molar-refractivity contribution < 1.29 is 22.7 Å². The Balaban J connectivity index is 1.80. The minimum absolute atomic E-state index is 0.0818. The third-order valence-corrected chi connectivity index (χ3v) is 7.10. The Bertz CT molecular complexity index is 1160. The first-order valence-corrected chi connectivity index (χ1v) is 12.4. The van der Waals surface area contributed by atoms with Gasteiger partial charge in [0.15, 0.2) is 0 Å². The van der Waals surface area contributed by atoms with Crippen molar-refractivity contribution >= 4 is 15.9 Å². The maximum atomic E-state index is 13.5. The van der Waals surface area contributed by atoms with Crippen LogP contribution in [0.5, 0.6) is 11.5 Å². The van der Waals surface area contributed by atoms with E-state index in [4.69, 9.17) is 9.47 Å². The molecule has 0 N–H and O–H groups in total. The van der Waals surface area contributed by atoms with Gasteiger partial charge in [0.1, 0.15) is 11.5 Å². The first-order chi connectivity index (χ1) is 16.3. The van der Waals surface area contributed by atoms with Gasteiger partial charge in [0.05, 0.1) is 25.2 Å². The lowest BCUT2D eigenvalue weighted by molar-refractivity contribution is -0.130. The zero-order valence-electron chi connectivity index (χ0n) is 19.7. The predicted octanol–water partition coefficient (Wildman–Crippen LogP) is 3.94. The highest BCUT2D eigenvalue weighted by Crippen LogP contribution is 2.22. The van der Waals surface area contributed by atoms with Crippen LogP contribution in [0.1, 0.15) is 18.1 Å². The molecule has 3 aromatic carbocycles. The van der Waals surface area contributed by atoms with E-state index in [0.717, 1.165) is 16.9 Å². The van der Waals surface area contributed by atoms with Gasteiger partial charge < -0.3 is 14.4 Å². The molecule has 0 aliphatic rings. The van der Waals surface area contributed by atoms with Crippen LogP contribution in [0.3, 0.4) is 0 Å². The average Bonchev–Trinajstić information content (AvgIpc) is 2.85. The molecule has 34 heavy (non-hydrogen) atoms. The molecule has 0 saturated heterocycles. The van der Waals surface area contributed by atoms with Crippen LogP contribution in [0, 0.1) is 0 Å². The summed E-state index contributed by atoms with van der Waals surface area (Å²) >= 11 is 0. The molecule has 0 aliphatic carbocycles. The number of hydrogen-bond acceptors (Lipinski definition) is 5. The Morgan fingerprint density at radius 2 is 1.41 bits per heavy atom. The van der Waals surface area contributed by atoms with Gasteiger partial charge in [0, 0.05) is 20.1 Å². The second kappa shape index (κ2) is 11.7. The number of hydrogen-bond donors (Lipinski definition) is 0. The molecule has 0 spiro atoms. The monoisotopic (exact) mass is 482 g/mol. The quantitative estimate of drug-likeness (QED) is 0.414. The highest BCUT2D eigenvalue weighted by molar-refractivity contribution is 7.89. The third-order valence-electron chi connectivity index (χ3n) is 5.29. The molecule has 0 unspecified atom stereocenters. The summed E-state index contributed by atoms with van der Waals surface area (Å²) in [5.74, 6) is 1.01. The summed E-state index contributed by atoms with van der Waals surface area (Å²) in [5.41, 5.74) is 1.71. The summed E-state index contributed by atoms with van der Waals surface area (Å²) in [7, 11) is -0.670. The Labute approximate surface area is 201 Å². The Hall–Kier alpha value is -3.36. The van der Waals surface area contributed by atoms with Crippen LogP contribution in [0.4, 0.5) is 0 Å². The van der Waals surface area contributed by atoms with E-state index in [-0.39, 0.29) is 23.9 Å². The van der Waals surface area contributed by atoms with Gasteiger partial charge in [-0.05, 0) is 54.4 Å². The van der Waals surface area contributed by atoms with Gasteiger partial charge in [-0.25, -0.2) is 8.42 Å². The summed E-state index contributed by atoms with van der Waals surface area (Å²) in [6.45, 7) is 2.50. The largest absolute Gasteiger partial charge is 0.497 e. The molecule has 0 radical (unpaired) electrons. The van der Waals surface area contributed by atoms with Crippen molar-refractivity contribution in [2.45, 2.75) is 24.9 Å². The summed E-state index contributed by atoms with van der Waals surface area (Å²) in [5, 5.41) is 0. The van der Waals surface area contributed by atoms with Crippen LogP contribution in [-0.2, 0) is 27.9 Å². The van der Waals surface area contributed by atoms with Gasteiger partial charge in [-0.2, -0.15) is 4.31 Å². The van der Waals surface area contributed by atoms with Crippen LogP contribution in [-0.4, -0.2) is 50.8 Å². The normalized spacial score (nSPS) is 11.3. The van der Waals surface area contributed by atoms with Gasteiger partial charge in [0.25, 0.3) is 0 Å². The smallest absolute Gasteiger partial charge is 0.243 e. The summed E-state index contributed by atoms with van der Waals surface area (Å²) < 4.78 is 38.8. The number of likely N-dealkylation sites (N-methyl/N-ethyl adjacent to an activating group) is 1. The number of carbonyl (C=O) groups excluding carboxylic acids is 1. The second-order valence-electron chi connectivity index (χ2n) is 7.76. The number of rotatable bonds is 11. The molecule has 0 atom stereocenters. The Kier molecular flexibility index (Phi) is 8.67. The zero-order valence-corrected chi connectivity index (χ0v) is 20.5. The van der Waals surface area contributed by atoms with Crippen molar-refractivity contribution in [2.75, 3.05) is 27.3 Å². The lowest BCUT2D eigenvalue weighted by Crippen LogP contribution is -2.40. The van der Waals surface area contributed by atoms with Crippen LogP contribution >= 0.6 is 0 Å². The van der Waals surface area contributed by atoms with E-state index in [9.17, 15) is 13.2 Å². The van der Waals surface area contributed by atoms with Crippen LogP contribution in [0.2, 0.25) is 0 Å². The van der Waals surface area contributed by atoms with Crippen molar-refractivity contribution in [3.63, 3.8) is 0 Å². The topological polar surface area (TPSA) is 76.2 Å². The fourth-order valence-corrected chi connectivity index (χ4v) is 4.78. The number of methoxy groups -OCH3 is 1. The van der Waals surface area contributed by atoms with E-state index in [1.807, 2.05) is 61.5 Å². The molecular weight excluding hydrogens is 452 g/mol. The molecule has 3 aromatic rings. The van der Waals surface area contributed by atoms with E-state index in [2.05, 4.69) is 0 Å². The fraction of sp³-hybridized carbons (Fsp3) is 0.269. The van der Waals surface area contributed by atoms with Gasteiger partial charge in [-0.3, -0.25) is 4.79 Å². The van der Waals surface area contributed by atoms with E-state index in [1.165, 1.54) is 21.3 Å². The molecule has 3 rings (SSSR count). The SMILES string of the molecule is CCOc1ccc(S(=O)(=O)N(CC(=O)N(C)Cc2ccc(OC)cc2)Cc2ccccc2)cc1. The number of carbonyl (C=O) groups is 1. The van der Waals surface area contributed by atoms with E-state index in [1.54, 1.807) is 26.3 Å². The minimum Gasteiger partial charge on any atom is -0.497 e. The first-order valence-electron chi connectivity index (χ1n) is 11.0. The van der Waals surface area contributed by atoms with E-state index < -0.39 is 10.0 Å². The molecule has 0 fully saturated rings. The van der Waals surface area contributed by atoms with Crippen molar-refractivity contribution in [3.8, 4) is 11.5 Å². The van der Waals surface area contributed by atoms with Crippen LogP contribution < -0.4 is 9.47 Å². The molecule has 0 heterocycles. The predicted molar refractivity (Wildman–Crippen MR) is 131 cm³/mol. The Morgan fingerprint density at radius 1 is 0.824 bits per heavy atom. The summed E-state index contributed by atoms with van der Waals surface area (Å²) in [6, 6.07) is 22.9. The highest BCUT2D eigenvalue weighted by atomic mass is 32.2. The minimum atomic E-state index is -3.93. The molecule has 0 saturated carbocycles. The molecule has 1 amide bonds. The molecule has 8 heteroatoms. The standard InChI is InChI=1S/C26H30N2O5S/c1-4-33-24-14-16-25(17-15-24)34(30,31)28(19-21-8-6-5-7-9-21)20-26(29)27(2)18-22-10-12-23(32-3)13-11-22/h5-17H,4,18-20H2,1-3H3. The lowest BCUT2D eigenvalue weighted by Gasteiger charge is -2.25. The molecule has 0 aliphatic heterocycles. The highest BCUT2D eigenvalue weighted by Gasteiger charge is 2.28. The lowest BCUT2D eigenvalue weighted by atomic mass is 10.2. The summed E-state index contributed by atoms with van der Waals surface area (Å²) in [4.78, 5) is 14.7.